The second-order valence-corrected chi connectivity index (χ2v) is 7.23. The maximum atomic E-state index is 12.7. The summed E-state index contributed by atoms with van der Waals surface area (Å²) in [6.45, 7) is 11.1. The van der Waals surface area contributed by atoms with Crippen LogP contribution in [0.5, 0.6) is 0 Å². The first-order chi connectivity index (χ1) is 9.86. The Morgan fingerprint density at radius 2 is 1.52 bits per heavy atom. The monoisotopic (exact) mass is 300 g/mol. The zero-order valence-electron chi connectivity index (χ0n) is 12.4. The Hall–Kier alpha value is -2.12. The molecule has 0 fully saturated rings. The van der Waals surface area contributed by atoms with Crippen LogP contribution in [0.4, 0.5) is 0 Å². The Balaban J connectivity index is 2.55. The third-order valence-corrected chi connectivity index (χ3v) is 5.36. The fourth-order valence-electron chi connectivity index (χ4n) is 2.29. The molecule has 2 rings (SSSR count). The van der Waals surface area contributed by atoms with Crippen molar-refractivity contribution >= 4 is 9.84 Å². The first-order valence-electron chi connectivity index (χ1n) is 6.64. The lowest BCUT2D eigenvalue weighted by molar-refractivity contribution is 0.590. The summed E-state index contributed by atoms with van der Waals surface area (Å²) in [6, 6.07) is 12.3. The molecule has 0 heterocycles. The number of sulfone groups is 1. The Bertz CT molecular complexity index is 800. The van der Waals surface area contributed by atoms with E-state index in [4.69, 9.17) is 6.57 Å². The van der Waals surface area contributed by atoms with E-state index < -0.39 is 15.2 Å². The summed E-state index contributed by atoms with van der Waals surface area (Å²) >= 11 is 0. The Kier molecular flexibility index (Phi) is 4.15. The molecule has 0 bridgehead atoms. The molecule has 4 heteroatoms. The molecular weight excluding hydrogens is 282 g/mol. The first-order valence-corrected chi connectivity index (χ1v) is 8.18. The summed E-state index contributed by atoms with van der Waals surface area (Å²) in [7, 11) is -3.65. The van der Waals surface area contributed by atoms with Crippen molar-refractivity contribution in [1.29, 1.82) is 0 Å². The molecule has 0 radical (unpaired) electrons. The van der Waals surface area contributed by atoms with Crippen molar-refractivity contribution < 1.29 is 8.42 Å². The number of rotatable bonds is 3. The summed E-state index contributed by atoms with van der Waals surface area (Å²) in [5.74, 6) is 0. The second-order valence-electron chi connectivity index (χ2n) is 5.22. The highest BCUT2D eigenvalue weighted by atomic mass is 32.2. The number of hydrogen-bond donors (Lipinski definition) is 0. The van der Waals surface area contributed by atoms with Crippen LogP contribution in [0, 0.1) is 27.3 Å². The molecular formula is C17H18NO2S+. The van der Waals surface area contributed by atoms with E-state index in [0.29, 0.717) is 5.56 Å². The maximum absolute atomic E-state index is 12.7. The molecule has 0 aliphatic heterocycles. The van der Waals surface area contributed by atoms with Gasteiger partial charge in [0, 0.05) is 0 Å². The number of nitrogens with zero attached hydrogens (tertiary/aromatic N) is 1. The van der Waals surface area contributed by atoms with E-state index in [1.165, 1.54) is 0 Å². The van der Waals surface area contributed by atoms with E-state index in [2.05, 4.69) is 4.85 Å². The lowest BCUT2D eigenvalue weighted by atomic mass is 10.1. The molecule has 2 aromatic rings. The molecule has 1 unspecified atom stereocenters. The molecule has 3 nitrogen and oxygen atoms in total. The van der Waals surface area contributed by atoms with Gasteiger partial charge in [0.1, 0.15) is 0 Å². The van der Waals surface area contributed by atoms with Crippen molar-refractivity contribution in [1.82, 2.24) is 0 Å². The molecule has 0 aliphatic carbocycles. The van der Waals surface area contributed by atoms with Crippen LogP contribution in [0.2, 0.25) is 0 Å². The minimum atomic E-state index is -3.65. The van der Waals surface area contributed by atoms with Gasteiger partial charge in [-0.05, 0) is 44.5 Å². The van der Waals surface area contributed by atoms with Gasteiger partial charge in [-0.3, -0.25) is 0 Å². The van der Waals surface area contributed by atoms with Gasteiger partial charge >= 0.3 is 5.37 Å². The van der Waals surface area contributed by atoms with Crippen LogP contribution < -0.4 is 0 Å². The van der Waals surface area contributed by atoms with Crippen LogP contribution in [0.25, 0.3) is 4.85 Å². The van der Waals surface area contributed by atoms with Gasteiger partial charge in [-0.1, -0.05) is 40.2 Å². The highest BCUT2D eigenvalue weighted by Gasteiger charge is 2.38. The van der Waals surface area contributed by atoms with Crippen molar-refractivity contribution in [2.75, 3.05) is 0 Å². The smallest absolute Gasteiger partial charge is 0.215 e. The summed E-state index contributed by atoms with van der Waals surface area (Å²) in [4.78, 5) is 3.86. The molecule has 0 N–H and O–H groups in total. The number of benzene rings is 2. The first kappa shape index (κ1) is 15.3. The Morgan fingerprint density at radius 3 is 2.05 bits per heavy atom. The SMILES string of the molecule is C#[N+]C(c1ccc(C)cc1C)S(=O)(=O)c1ccc(C)cc1. The molecule has 0 saturated carbocycles. The van der Waals surface area contributed by atoms with Gasteiger partial charge in [0.25, 0.3) is 16.4 Å². The predicted octanol–water partition coefficient (Wildman–Crippen LogP) is 4.05. The van der Waals surface area contributed by atoms with Crippen LogP contribution in [-0.2, 0) is 9.84 Å². The van der Waals surface area contributed by atoms with E-state index in [1.807, 2.05) is 32.9 Å². The highest BCUT2D eigenvalue weighted by molar-refractivity contribution is 7.91. The lowest BCUT2D eigenvalue weighted by Gasteiger charge is -2.09. The van der Waals surface area contributed by atoms with Gasteiger partial charge in [0.05, 0.1) is 10.5 Å². The van der Waals surface area contributed by atoms with Gasteiger partial charge in [-0.15, -0.1) is 0 Å². The van der Waals surface area contributed by atoms with Gasteiger partial charge in [0.15, 0.2) is 0 Å². The van der Waals surface area contributed by atoms with Gasteiger partial charge in [0.2, 0.25) is 0 Å². The Morgan fingerprint density at radius 1 is 0.952 bits per heavy atom. The minimum absolute atomic E-state index is 0.229. The molecule has 0 amide bonds. The second kappa shape index (κ2) is 5.71. The van der Waals surface area contributed by atoms with E-state index in [0.717, 1.165) is 16.7 Å². The fourth-order valence-corrected chi connectivity index (χ4v) is 3.82. The summed E-state index contributed by atoms with van der Waals surface area (Å²) in [6.07, 6.45) is 0. The molecule has 2 aromatic carbocycles. The van der Waals surface area contributed by atoms with E-state index in [1.54, 1.807) is 30.3 Å². The molecule has 21 heavy (non-hydrogen) atoms. The Labute approximate surface area is 126 Å². The van der Waals surface area contributed by atoms with Gasteiger partial charge in [-0.25, -0.2) is 8.42 Å². The van der Waals surface area contributed by atoms with Crippen molar-refractivity contribution in [3.05, 3.63) is 69.6 Å². The molecule has 1 atom stereocenters. The average Bonchev–Trinajstić information content (AvgIpc) is 2.42. The molecule has 0 saturated heterocycles. The van der Waals surface area contributed by atoms with E-state index >= 15 is 0 Å². The topological polar surface area (TPSA) is 38.5 Å². The summed E-state index contributed by atoms with van der Waals surface area (Å²) in [5.41, 5.74) is 3.55. The minimum Gasteiger partial charge on any atom is -0.215 e. The molecule has 0 aromatic heterocycles. The zero-order chi connectivity index (χ0) is 15.6. The molecule has 0 spiro atoms. The van der Waals surface area contributed by atoms with Crippen LogP contribution in [-0.4, -0.2) is 8.42 Å². The fraction of sp³-hybridized carbons (Fsp3) is 0.235. The van der Waals surface area contributed by atoms with Crippen molar-refractivity contribution in [3.8, 4) is 6.57 Å². The number of aryl methyl sites for hydroxylation is 3. The lowest BCUT2D eigenvalue weighted by Crippen LogP contribution is -2.12. The van der Waals surface area contributed by atoms with Crippen LogP contribution >= 0.6 is 0 Å². The highest BCUT2D eigenvalue weighted by Crippen LogP contribution is 2.32. The molecule has 108 valence electrons. The van der Waals surface area contributed by atoms with Gasteiger partial charge in [-0.2, -0.15) is 0 Å². The third-order valence-electron chi connectivity index (χ3n) is 3.47. The maximum Gasteiger partial charge on any atom is 0.398 e. The largest absolute Gasteiger partial charge is 0.398 e. The van der Waals surface area contributed by atoms with E-state index in [9.17, 15) is 8.42 Å². The van der Waals surface area contributed by atoms with Crippen molar-refractivity contribution in [2.24, 2.45) is 0 Å². The van der Waals surface area contributed by atoms with E-state index in [-0.39, 0.29) is 4.90 Å². The quantitative estimate of drug-likeness (QED) is 0.858. The standard InChI is InChI=1S/C17H18NO2S/c1-12-5-8-15(9-6-12)21(19,20)17(18-4)16-10-7-13(2)11-14(16)3/h4-11,17H,1-3H3/q+1. The summed E-state index contributed by atoms with van der Waals surface area (Å²) in [5, 5.41) is -1.08. The van der Waals surface area contributed by atoms with Crippen LogP contribution in [0.3, 0.4) is 0 Å². The predicted molar refractivity (Wildman–Crippen MR) is 85.3 cm³/mol. The third kappa shape index (κ3) is 2.98. The average molecular weight is 300 g/mol. The van der Waals surface area contributed by atoms with Crippen LogP contribution in [0.1, 0.15) is 27.6 Å². The van der Waals surface area contributed by atoms with Crippen molar-refractivity contribution in [3.63, 3.8) is 0 Å². The normalized spacial score (nSPS) is 12.7. The van der Waals surface area contributed by atoms with Crippen LogP contribution in [0.15, 0.2) is 47.4 Å². The number of hydrogen-bond acceptors (Lipinski definition) is 2. The summed E-state index contributed by atoms with van der Waals surface area (Å²) < 4.78 is 25.5. The zero-order valence-corrected chi connectivity index (χ0v) is 13.2. The molecule has 0 aliphatic rings. The van der Waals surface area contributed by atoms with Gasteiger partial charge < -0.3 is 0 Å². The van der Waals surface area contributed by atoms with Crippen molar-refractivity contribution in [2.45, 2.75) is 31.0 Å².